The van der Waals surface area contributed by atoms with E-state index in [2.05, 4.69) is 51.3 Å². The molecule has 2 nitrogen and oxygen atoms in total. The minimum absolute atomic E-state index is 0.527. The van der Waals surface area contributed by atoms with Crippen molar-refractivity contribution in [3.05, 3.63) is 64.7 Å². The maximum absolute atomic E-state index is 4.40. The smallest absolute Gasteiger partial charge is 0.0957 e. The van der Waals surface area contributed by atoms with E-state index < -0.39 is 0 Å². The highest BCUT2D eigenvalue weighted by molar-refractivity contribution is 7.10. The first-order valence-corrected chi connectivity index (χ1v) is 9.44. The molecule has 0 amide bonds. The molecule has 116 valence electrons. The fourth-order valence-corrected chi connectivity index (χ4v) is 5.65. The van der Waals surface area contributed by atoms with Crippen LogP contribution in [0.4, 0.5) is 0 Å². The third kappa shape index (κ3) is 2.10. The largest absolute Gasteiger partial charge is 0.322 e. The second kappa shape index (κ2) is 5.34. The molecule has 1 saturated carbocycles. The average Bonchev–Trinajstić information content (AvgIpc) is 3.29. The predicted octanol–water partition coefficient (Wildman–Crippen LogP) is 5.49. The van der Waals surface area contributed by atoms with Gasteiger partial charge >= 0.3 is 0 Å². The molecule has 0 spiro atoms. The maximum atomic E-state index is 4.40. The normalized spacial score (nSPS) is 26.0. The fourth-order valence-electron chi connectivity index (χ4n) is 4.56. The number of fused-ring (bicyclic) bond motifs is 3. The van der Waals surface area contributed by atoms with Gasteiger partial charge < -0.3 is 4.57 Å². The molecule has 5 rings (SSSR count). The molecule has 2 aliphatic rings. The van der Waals surface area contributed by atoms with Crippen LogP contribution in [0.5, 0.6) is 0 Å². The molecule has 1 fully saturated rings. The summed E-state index contributed by atoms with van der Waals surface area (Å²) in [5, 5.41) is 2.24. The Bertz CT molecular complexity index is 769. The van der Waals surface area contributed by atoms with E-state index in [1.807, 2.05) is 23.9 Å². The van der Waals surface area contributed by atoms with Gasteiger partial charge in [0, 0.05) is 10.4 Å². The Hall–Kier alpha value is -1.87. The number of imidazole rings is 1. The number of hydrogen-bond acceptors (Lipinski definition) is 2. The Labute approximate surface area is 140 Å². The van der Waals surface area contributed by atoms with E-state index >= 15 is 0 Å². The molecule has 3 aromatic rings. The van der Waals surface area contributed by atoms with Gasteiger partial charge in [0.1, 0.15) is 0 Å². The third-order valence-corrected chi connectivity index (χ3v) is 6.68. The zero-order chi connectivity index (χ0) is 15.2. The predicted molar refractivity (Wildman–Crippen MR) is 94.8 cm³/mol. The molecule has 0 bridgehead atoms. The summed E-state index contributed by atoms with van der Waals surface area (Å²) in [5.41, 5.74) is 4.26. The minimum atomic E-state index is 0.527. The van der Waals surface area contributed by atoms with E-state index in [4.69, 9.17) is 0 Å². The first-order valence-electron chi connectivity index (χ1n) is 8.56. The Balaban J connectivity index is 1.39. The van der Waals surface area contributed by atoms with Crippen LogP contribution in [0.15, 0.2) is 54.3 Å². The van der Waals surface area contributed by atoms with Crippen LogP contribution in [0.25, 0.3) is 11.3 Å². The highest BCUT2D eigenvalue weighted by atomic mass is 32.1. The molecule has 1 atom stereocenters. The highest BCUT2D eigenvalue weighted by Gasteiger charge is 2.37. The Kier molecular flexibility index (Phi) is 3.15. The maximum Gasteiger partial charge on any atom is 0.0957 e. The van der Waals surface area contributed by atoms with E-state index in [0.29, 0.717) is 6.04 Å². The molecule has 2 aromatic heterocycles. The first kappa shape index (κ1) is 13.6. The van der Waals surface area contributed by atoms with Crippen LogP contribution >= 0.6 is 11.3 Å². The lowest BCUT2D eigenvalue weighted by molar-refractivity contribution is 0.267. The quantitative estimate of drug-likeness (QED) is 0.610. The lowest BCUT2D eigenvalue weighted by Crippen LogP contribution is -2.22. The van der Waals surface area contributed by atoms with Gasteiger partial charge in [0.25, 0.3) is 0 Å². The summed E-state index contributed by atoms with van der Waals surface area (Å²) in [5.74, 6) is 1.50. The number of rotatable bonds is 2. The van der Waals surface area contributed by atoms with Crippen molar-refractivity contribution in [2.45, 2.75) is 37.6 Å². The van der Waals surface area contributed by atoms with Crippen molar-refractivity contribution >= 4 is 11.3 Å². The van der Waals surface area contributed by atoms with Gasteiger partial charge in [0.2, 0.25) is 0 Å². The first-order chi connectivity index (χ1) is 11.4. The molecule has 0 radical (unpaired) electrons. The second-order valence-electron chi connectivity index (χ2n) is 6.85. The molecule has 1 aliphatic carbocycles. The van der Waals surface area contributed by atoms with Gasteiger partial charge in [-0.3, -0.25) is 0 Å². The van der Waals surface area contributed by atoms with Crippen molar-refractivity contribution in [1.29, 1.82) is 0 Å². The van der Waals surface area contributed by atoms with Crippen molar-refractivity contribution in [2.24, 2.45) is 5.92 Å². The van der Waals surface area contributed by atoms with Crippen LogP contribution in [-0.4, -0.2) is 9.55 Å². The number of thiophene rings is 1. The van der Waals surface area contributed by atoms with Gasteiger partial charge in [-0.15, -0.1) is 11.3 Å². The van der Waals surface area contributed by atoms with Gasteiger partial charge in [0.05, 0.1) is 24.3 Å². The Morgan fingerprint density at radius 2 is 1.83 bits per heavy atom. The van der Waals surface area contributed by atoms with E-state index in [-0.39, 0.29) is 0 Å². The van der Waals surface area contributed by atoms with Crippen molar-refractivity contribution in [3.63, 3.8) is 0 Å². The summed E-state index contributed by atoms with van der Waals surface area (Å²) in [6.07, 6.45) is 9.33. The summed E-state index contributed by atoms with van der Waals surface area (Å²) in [7, 11) is 0. The number of aromatic nitrogens is 2. The number of hydrogen-bond donors (Lipinski definition) is 0. The van der Waals surface area contributed by atoms with E-state index in [9.17, 15) is 0 Å². The lowest BCUT2D eigenvalue weighted by atomic mass is 9.76. The van der Waals surface area contributed by atoms with E-state index in [1.54, 1.807) is 4.88 Å². The Morgan fingerprint density at radius 1 is 1.00 bits per heavy atom. The zero-order valence-corrected chi connectivity index (χ0v) is 13.9. The van der Waals surface area contributed by atoms with E-state index in [1.165, 1.54) is 42.5 Å². The van der Waals surface area contributed by atoms with Crippen LogP contribution in [0.2, 0.25) is 0 Å². The number of nitrogens with zero attached hydrogens (tertiary/aromatic N) is 2. The molecule has 3 heterocycles. The van der Waals surface area contributed by atoms with Crippen LogP contribution in [0.3, 0.4) is 0 Å². The topological polar surface area (TPSA) is 17.8 Å². The number of benzene rings is 1. The van der Waals surface area contributed by atoms with Crippen molar-refractivity contribution in [2.75, 3.05) is 0 Å². The summed E-state index contributed by atoms with van der Waals surface area (Å²) in [6, 6.07) is 13.9. The van der Waals surface area contributed by atoms with Crippen LogP contribution in [0.1, 0.15) is 48.1 Å². The SMILES string of the molecule is c1ccc(C2CCC([C@H]3c4sccc4-c4cncn43)CC2)cc1. The molecule has 0 saturated heterocycles. The molecule has 23 heavy (non-hydrogen) atoms. The van der Waals surface area contributed by atoms with E-state index in [0.717, 1.165) is 11.8 Å². The zero-order valence-electron chi connectivity index (χ0n) is 13.1. The molecule has 1 aromatic carbocycles. The lowest BCUT2D eigenvalue weighted by Gasteiger charge is -2.33. The summed E-state index contributed by atoms with van der Waals surface area (Å²) >= 11 is 1.92. The van der Waals surface area contributed by atoms with Crippen molar-refractivity contribution < 1.29 is 0 Å². The summed E-state index contributed by atoms with van der Waals surface area (Å²) < 4.78 is 2.43. The van der Waals surface area contributed by atoms with Gasteiger partial charge in [-0.05, 0) is 54.5 Å². The second-order valence-corrected chi connectivity index (χ2v) is 7.80. The average molecular weight is 320 g/mol. The standard InChI is InChI=1S/C20H20N2S/c1-2-4-14(5-3-1)15-6-8-16(9-7-15)19-20-17(10-11-23-20)18-12-21-13-22(18)19/h1-5,10-13,15-16,19H,6-9H2/t15?,16?,19-/m0/s1. The highest BCUT2D eigenvalue weighted by Crippen LogP contribution is 2.50. The molecule has 0 N–H and O–H groups in total. The molecule has 3 heteroatoms. The summed E-state index contributed by atoms with van der Waals surface area (Å²) in [6.45, 7) is 0. The third-order valence-electron chi connectivity index (χ3n) is 5.69. The molecule has 1 aliphatic heterocycles. The minimum Gasteiger partial charge on any atom is -0.322 e. The van der Waals surface area contributed by atoms with Crippen molar-refractivity contribution in [3.8, 4) is 11.3 Å². The van der Waals surface area contributed by atoms with Crippen LogP contribution < -0.4 is 0 Å². The molecular formula is C20H20N2S. The summed E-state index contributed by atoms with van der Waals surface area (Å²) in [4.78, 5) is 5.96. The molecular weight excluding hydrogens is 300 g/mol. The van der Waals surface area contributed by atoms with Crippen LogP contribution in [-0.2, 0) is 0 Å². The fraction of sp³-hybridized carbons (Fsp3) is 0.350. The monoisotopic (exact) mass is 320 g/mol. The van der Waals surface area contributed by atoms with Gasteiger partial charge in [-0.1, -0.05) is 30.3 Å². The molecule has 0 unspecified atom stereocenters. The Morgan fingerprint density at radius 3 is 2.65 bits per heavy atom. The van der Waals surface area contributed by atoms with Crippen LogP contribution in [0, 0.1) is 5.92 Å². The van der Waals surface area contributed by atoms with Crippen molar-refractivity contribution in [1.82, 2.24) is 9.55 Å². The van der Waals surface area contributed by atoms with Gasteiger partial charge in [-0.2, -0.15) is 0 Å². The van der Waals surface area contributed by atoms with Gasteiger partial charge in [0.15, 0.2) is 0 Å². The van der Waals surface area contributed by atoms with Gasteiger partial charge in [-0.25, -0.2) is 4.98 Å².